The summed E-state index contributed by atoms with van der Waals surface area (Å²) < 4.78 is 0. The smallest absolute Gasteiger partial charge is 0.326 e. The van der Waals surface area contributed by atoms with Crippen LogP contribution in [0.15, 0.2) is 60.8 Å². The fraction of sp³-hybridized carbons (Fsp3) is 0.379. The Kier molecular flexibility index (Phi) is 11.7. The van der Waals surface area contributed by atoms with E-state index in [9.17, 15) is 29.4 Å². The summed E-state index contributed by atoms with van der Waals surface area (Å²) in [4.78, 5) is 54.8. The van der Waals surface area contributed by atoms with Crippen LogP contribution in [0.2, 0.25) is 0 Å². The molecule has 12 heteroatoms. The average molecular weight is 584 g/mol. The Labute approximate surface area is 242 Å². The first kappa shape index (κ1) is 31.7. The second-order valence-corrected chi connectivity index (χ2v) is 10.8. The van der Waals surface area contributed by atoms with Crippen LogP contribution in [-0.4, -0.2) is 81.2 Å². The molecular weight excluding hydrogens is 546 g/mol. The van der Waals surface area contributed by atoms with Crippen LogP contribution in [0.25, 0.3) is 10.9 Å². The number of hydrogen-bond acceptors (Lipinski definition) is 7. The van der Waals surface area contributed by atoms with Gasteiger partial charge in [0.2, 0.25) is 17.7 Å². The molecule has 11 nitrogen and oxygen atoms in total. The average Bonchev–Trinajstić information content (AvgIpc) is 3.36. The van der Waals surface area contributed by atoms with Gasteiger partial charge in [0.1, 0.15) is 24.2 Å². The van der Waals surface area contributed by atoms with Crippen molar-refractivity contribution in [3.8, 4) is 0 Å². The first-order chi connectivity index (χ1) is 19.6. The van der Waals surface area contributed by atoms with Crippen LogP contribution >= 0.6 is 11.8 Å². The molecule has 1 aromatic heterocycles. The second kappa shape index (κ2) is 15.2. The number of benzene rings is 2. The number of amides is 3. The lowest BCUT2D eigenvalue weighted by molar-refractivity contribution is -0.142. The number of H-pyrrole nitrogens is 1. The van der Waals surface area contributed by atoms with Gasteiger partial charge in [-0.3, -0.25) is 14.4 Å². The minimum atomic E-state index is -1.26. The number of aromatic nitrogens is 1. The maximum Gasteiger partial charge on any atom is 0.326 e. The predicted molar refractivity (Wildman–Crippen MR) is 158 cm³/mol. The van der Waals surface area contributed by atoms with Gasteiger partial charge >= 0.3 is 5.97 Å². The highest BCUT2D eigenvalue weighted by Crippen LogP contribution is 2.19. The Morgan fingerprint density at radius 3 is 2.10 bits per heavy atom. The number of aliphatic carboxylic acids is 1. The number of nitrogens with two attached hydrogens (primary N) is 1. The van der Waals surface area contributed by atoms with Crippen LogP contribution in [0.5, 0.6) is 0 Å². The first-order valence-corrected chi connectivity index (χ1v) is 14.7. The number of nitrogens with one attached hydrogen (secondary N) is 4. The van der Waals surface area contributed by atoms with Crippen LogP contribution < -0.4 is 21.7 Å². The molecule has 0 saturated heterocycles. The molecule has 0 radical (unpaired) electrons. The monoisotopic (exact) mass is 583 g/mol. The molecule has 220 valence electrons. The fourth-order valence-electron chi connectivity index (χ4n) is 4.31. The molecule has 0 aliphatic heterocycles. The van der Waals surface area contributed by atoms with E-state index in [0.29, 0.717) is 5.75 Å². The predicted octanol–water partition coefficient (Wildman–Crippen LogP) is 0.953. The number of hydrogen-bond donors (Lipinski definition) is 7. The van der Waals surface area contributed by atoms with Crippen molar-refractivity contribution in [3.63, 3.8) is 0 Å². The molecule has 3 aromatic rings. The minimum absolute atomic E-state index is 0.0651. The summed E-state index contributed by atoms with van der Waals surface area (Å²) in [6.45, 7) is 1.37. The summed E-state index contributed by atoms with van der Waals surface area (Å²) in [5.74, 6) is -2.70. The van der Waals surface area contributed by atoms with E-state index in [4.69, 9.17) is 5.73 Å². The molecule has 1 heterocycles. The molecule has 0 fully saturated rings. The van der Waals surface area contributed by atoms with Gasteiger partial charge in [0.15, 0.2) is 0 Å². The summed E-state index contributed by atoms with van der Waals surface area (Å²) >= 11 is 1.46. The van der Waals surface area contributed by atoms with E-state index in [1.165, 1.54) is 18.7 Å². The molecule has 0 spiro atoms. The number of thioether (sulfide) groups is 1. The van der Waals surface area contributed by atoms with Crippen molar-refractivity contribution in [1.82, 2.24) is 20.9 Å². The van der Waals surface area contributed by atoms with E-state index < -0.39 is 54.0 Å². The highest BCUT2D eigenvalue weighted by molar-refractivity contribution is 7.98. The zero-order valence-electron chi connectivity index (χ0n) is 23.0. The molecule has 8 N–H and O–H groups in total. The number of aliphatic hydroxyl groups excluding tert-OH is 1. The topological polar surface area (TPSA) is 187 Å². The lowest BCUT2D eigenvalue weighted by Gasteiger charge is -2.26. The van der Waals surface area contributed by atoms with Crippen molar-refractivity contribution >= 4 is 46.4 Å². The number of carbonyl (C=O) groups excluding carboxylic acids is 3. The largest absolute Gasteiger partial charge is 0.480 e. The third-order valence-electron chi connectivity index (χ3n) is 6.70. The summed E-state index contributed by atoms with van der Waals surface area (Å²) in [6, 6.07) is 11.8. The maximum absolute atomic E-state index is 13.6. The first-order valence-electron chi connectivity index (χ1n) is 13.3. The van der Waals surface area contributed by atoms with Gasteiger partial charge in [-0.25, -0.2) is 4.79 Å². The van der Waals surface area contributed by atoms with Crippen LogP contribution in [0.3, 0.4) is 0 Å². The second-order valence-electron chi connectivity index (χ2n) is 9.82. The van der Waals surface area contributed by atoms with Gasteiger partial charge in [0.05, 0.1) is 6.10 Å². The van der Waals surface area contributed by atoms with E-state index in [0.717, 1.165) is 22.0 Å². The zero-order chi connectivity index (χ0) is 29.9. The van der Waals surface area contributed by atoms with Crippen molar-refractivity contribution in [2.24, 2.45) is 5.73 Å². The van der Waals surface area contributed by atoms with Crippen molar-refractivity contribution in [1.29, 1.82) is 0 Å². The van der Waals surface area contributed by atoms with E-state index in [1.54, 1.807) is 30.5 Å². The molecule has 41 heavy (non-hydrogen) atoms. The number of rotatable bonds is 15. The molecule has 2 aromatic carbocycles. The normalized spacial score (nSPS) is 14.8. The van der Waals surface area contributed by atoms with E-state index in [1.807, 2.05) is 36.6 Å². The summed E-state index contributed by atoms with van der Waals surface area (Å²) in [5, 5.41) is 28.2. The molecular formula is C29H37N5O6S. The van der Waals surface area contributed by atoms with Crippen LogP contribution in [0, 0.1) is 0 Å². The SMILES string of the molecule is CSCCC(NC(=O)C(Cc1c[nH]c2ccccc12)NC(=O)C(Cc1ccccc1)NC(=O)C(N)C(C)O)C(=O)O. The van der Waals surface area contributed by atoms with Crippen molar-refractivity contribution < 1.29 is 29.4 Å². The molecule has 3 amide bonds. The Morgan fingerprint density at radius 1 is 0.878 bits per heavy atom. The zero-order valence-corrected chi connectivity index (χ0v) is 23.8. The van der Waals surface area contributed by atoms with Crippen LogP contribution in [0.4, 0.5) is 0 Å². The summed E-state index contributed by atoms with van der Waals surface area (Å²) in [6.07, 6.45) is 2.80. The maximum atomic E-state index is 13.6. The number of para-hydroxylation sites is 1. The van der Waals surface area contributed by atoms with Crippen LogP contribution in [-0.2, 0) is 32.0 Å². The third-order valence-corrected chi connectivity index (χ3v) is 7.34. The van der Waals surface area contributed by atoms with Gasteiger partial charge in [0.25, 0.3) is 0 Å². The Balaban J connectivity index is 1.89. The Hall–Kier alpha value is -3.87. The quantitative estimate of drug-likeness (QED) is 0.138. The number of aromatic amines is 1. The lowest BCUT2D eigenvalue weighted by Crippen LogP contribution is -2.59. The molecule has 5 unspecified atom stereocenters. The molecule has 5 atom stereocenters. The minimum Gasteiger partial charge on any atom is -0.480 e. The van der Waals surface area contributed by atoms with Crippen molar-refractivity contribution in [2.75, 3.05) is 12.0 Å². The Bertz CT molecular complexity index is 1330. The van der Waals surface area contributed by atoms with Gasteiger partial charge < -0.3 is 36.9 Å². The van der Waals surface area contributed by atoms with Gasteiger partial charge in [0, 0.05) is 29.9 Å². The van der Waals surface area contributed by atoms with Gasteiger partial charge in [-0.05, 0) is 42.5 Å². The van der Waals surface area contributed by atoms with Crippen molar-refractivity contribution in [2.45, 2.75) is 56.5 Å². The number of carbonyl (C=O) groups is 4. The van der Waals surface area contributed by atoms with E-state index in [2.05, 4.69) is 20.9 Å². The number of aliphatic hydroxyl groups is 1. The third kappa shape index (κ3) is 9.07. The summed E-state index contributed by atoms with van der Waals surface area (Å²) in [5.41, 5.74) is 8.14. The fourth-order valence-corrected chi connectivity index (χ4v) is 4.78. The number of carboxylic acid groups (broad SMARTS) is 1. The number of carboxylic acids is 1. The Morgan fingerprint density at radius 2 is 1.46 bits per heavy atom. The van der Waals surface area contributed by atoms with Crippen molar-refractivity contribution in [3.05, 3.63) is 71.9 Å². The molecule has 0 aliphatic rings. The van der Waals surface area contributed by atoms with E-state index in [-0.39, 0.29) is 19.3 Å². The standard InChI is InChI=1S/C29H37N5O6S/c1-17(35)25(30)28(38)34-23(14-18-8-4-3-5-9-18)26(36)33-24(27(37)32-22(29(39)40)12-13-41-2)15-19-16-31-21-11-7-6-10-20(19)21/h3-11,16-17,22-25,31,35H,12-15,30H2,1-2H3,(H,32,37)(H,33,36)(H,34,38)(H,39,40). The lowest BCUT2D eigenvalue weighted by atomic mass is 10.0. The van der Waals surface area contributed by atoms with Crippen LogP contribution in [0.1, 0.15) is 24.5 Å². The molecule has 0 saturated carbocycles. The highest BCUT2D eigenvalue weighted by atomic mass is 32.2. The van der Waals surface area contributed by atoms with Gasteiger partial charge in [-0.1, -0.05) is 48.5 Å². The molecule has 0 bridgehead atoms. The van der Waals surface area contributed by atoms with Gasteiger partial charge in [-0.2, -0.15) is 11.8 Å². The van der Waals surface area contributed by atoms with E-state index >= 15 is 0 Å². The highest BCUT2D eigenvalue weighted by Gasteiger charge is 2.31. The number of fused-ring (bicyclic) bond motifs is 1. The molecule has 0 aliphatic carbocycles. The summed E-state index contributed by atoms with van der Waals surface area (Å²) in [7, 11) is 0. The van der Waals surface area contributed by atoms with Gasteiger partial charge in [-0.15, -0.1) is 0 Å². The molecule has 3 rings (SSSR count).